The Kier molecular flexibility index (Phi) is 8.48. The van der Waals surface area contributed by atoms with Gasteiger partial charge in [-0.2, -0.15) is 0 Å². The highest BCUT2D eigenvalue weighted by molar-refractivity contribution is 5.39. The van der Waals surface area contributed by atoms with Gasteiger partial charge in [-0.1, -0.05) is 17.9 Å². The van der Waals surface area contributed by atoms with E-state index in [-0.39, 0.29) is 6.61 Å². The molecule has 4 nitrogen and oxygen atoms in total. The lowest BCUT2D eigenvalue weighted by molar-refractivity contribution is 0.0806. The van der Waals surface area contributed by atoms with Crippen molar-refractivity contribution in [3.63, 3.8) is 0 Å². The van der Waals surface area contributed by atoms with E-state index >= 15 is 0 Å². The molecule has 0 aromatic heterocycles. The van der Waals surface area contributed by atoms with Crippen LogP contribution in [0.15, 0.2) is 24.3 Å². The minimum Gasteiger partial charge on any atom is -0.491 e. The summed E-state index contributed by atoms with van der Waals surface area (Å²) in [7, 11) is 1.68. The van der Waals surface area contributed by atoms with Crippen LogP contribution >= 0.6 is 0 Å². The molecule has 104 valence electrons. The second-order valence-electron chi connectivity index (χ2n) is 3.79. The maximum atomic E-state index is 8.63. The van der Waals surface area contributed by atoms with Crippen LogP contribution in [0.5, 0.6) is 5.75 Å². The first-order valence-corrected chi connectivity index (χ1v) is 6.26. The Morgan fingerprint density at radius 3 is 2.84 bits per heavy atom. The van der Waals surface area contributed by atoms with Crippen LogP contribution in [0, 0.1) is 11.8 Å². The van der Waals surface area contributed by atoms with Crippen LogP contribution in [-0.2, 0) is 9.47 Å². The molecule has 19 heavy (non-hydrogen) atoms. The zero-order valence-corrected chi connectivity index (χ0v) is 11.2. The summed E-state index contributed by atoms with van der Waals surface area (Å²) in [5.41, 5.74) is 0.826. The maximum absolute atomic E-state index is 8.63. The highest BCUT2D eigenvalue weighted by Crippen LogP contribution is 2.12. The summed E-state index contributed by atoms with van der Waals surface area (Å²) < 4.78 is 15.9. The van der Waals surface area contributed by atoms with Gasteiger partial charge in [0.15, 0.2) is 0 Å². The number of ether oxygens (including phenoxy) is 3. The summed E-state index contributed by atoms with van der Waals surface area (Å²) >= 11 is 0. The molecule has 0 saturated heterocycles. The normalized spacial score (nSPS) is 9.79. The van der Waals surface area contributed by atoms with Crippen molar-refractivity contribution in [2.75, 3.05) is 40.1 Å². The fourth-order valence-corrected chi connectivity index (χ4v) is 1.43. The van der Waals surface area contributed by atoms with Gasteiger partial charge in [-0.05, 0) is 24.6 Å². The van der Waals surface area contributed by atoms with Gasteiger partial charge >= 0.3 is 0 Å². The van der Waals surface area contributed by atoms with Crippen LogP contribution < -0.4 is 4.74 Å². The van der Waals surface area contributed by atoms with Gasteiger partial charge in [-0.3, -0.25) is 0 Å². The number of rotatable bonds is 8. The van der Waals surface area contributed by atoms with Crippen LogP contribution in [0.1, 0.15) is 12.0 Å². The third-order valence-corrected chi connectivity index (χ3v) is 2.28. The van der Waals surface area contributed by atoms with Crippen molar-refractivity contribution in [3.8, 4) is 17.6 Å². The molecule has 0 amide bonds. The van der Waals surface area contributed by atoms with Crippen molar-refractivity contribution in [3.05, 3.63) is 29.8 Å². The van der Waals surface area contributed by atoms with E-state index in [0.717, 1.165) is 17.7 Å². The number of aliphatic hydroxyl groups is 1. The topological polar surface area (TPSA) is 47.9 Å². The highest BCUT2D eigenvalue weighted by Gasteiger charge is 1.95. The molecule has 0 aliphatic rings. The Labute approximate surface area is 114 Å². The average Bonchev–Trinajstić information content (AvgIpc) is 2.44. The molecule has 0 spiro atoms. The molecule has 1 aromatic carbocycles. The van der Waals surface area contributed by atoms with E-state index in [4.69, 9.17) is 19.3 Å². The molecule has 1 aromatic rings. The zero-order chi connectivity index (χ0) is 13.8. The first-order chi connectivity index (χ1) is 9.36. The van der Waals surface area contributed by atoms with E-state index in [2.05, 4.69) is 11.8 Å². The van der Waals surface area contributed by atoms with Crippen molar-refractivity contribution in [2.45, 2.75) is 6.42 Å². The van der Waals surface area contributed by atoms with E-state index in [9.17, 15) is 0 Å². The minimum atomic E-state index is -0.138. The number of methoxy groups -OCH3 is 1. The van der Waals surface area contributed by atoms with Gasteiger partial charge in [0.1, 0.15) is 19.0 Å². The van der Waals surface area contributed by atoms with E-state index in [0.29, 0.717) is 26.4 Å². The molecule has 0 atom stereocenters. The summed E-state index contributed by atoms with van der Waals surface area (Å²) in [5, 5.41) is 8.63. The second-order valence-corrected chi connectivity index (χ2v) is 3.79. The molecule has 1 N–H and O–H groups in total. The molecule has 0 bridgehead atoms. The smallest absolute Gasteiger partial charge is 0.120 e. The standard InChI is InChI=1S/C15H20O4/c1-17-9-4-10-18-11-12-19-15-7-2-5-14(13-15)6-3-8-16/h2,5,7,13,16H,4,8-12H2,1H3. The molecule has 0 fully saturated rings. The van der Waals surface area contributed by atoms with Gasteiger partial charge in [0.2, 0.25) is 0 Å². The van der Waals surface area contributed by atoms with Gasteiger partial charge in [-0.25, -0.2) is 0 Å². The van der Waals surface area contributed by atoms with Gasteiger partial charge in [0.25, 0.3) is 0 Å². The lowest BCUT2D eigenvalue weighted by Gasteiger charge is -2.07. The SMILES string of the molecule is COCCCOCCOc1cccc(C#CCO)c1. The van der Waals surface area contributed by atoms with Crippen LogP contribution in [-0.4, -0.2) is 45.3 Å². The van der Waals surface area contributed by atoms with E-state index in [1.165, 1.54) is 0 Å². The Balaban J connectivity index is 2.22. The Morgan fingerprint density at radius 1 is 1.16 bits per heavy atom. The molecule has 0 aliphatic carbocycles. The molecular weight excluding hydrogens is 244 g/mol. The minimum absolute atomic E-state index is 0.138. The zero-order valence-electron chi connectivity index (χ0n) is 11.2. The number of hydrogen-bond acceptors (Lipinski definition) is 4. The largest absolute Gasteiger partial charge is 0.491 e. The van der Waals surface area contributed by atoms with Crippen LogP contribution in [0.2, 0.25) is 0 Å². The second kappa shape index (κ2) is 10.4. The summed E-state index contributed by atoms with van der Waals surface area (Å²) in [4.78, 5) is 0. The summed E-state index contributed by atoms with van der Waals surface area (Å²) in [5.74, 6) is 6.19. The van der Waals surface area contributed by atoms with Gasteiger partial charge < -0.3 is 19.3 Å². The van der Waals surface area contributed by atoms with Gasteiger partial charge in [0, 0.05) is 25.9 Å². The number of aliphatic hydroxyl groups excluding tert-OH is 1. The number of hydrogen-bond donors (Lipinski definition) is 1. The van der Waals surface area contributed by atoms with Gasteiger partial charge in [-0.15, -0.1) is 0 Å². The third kappa shape index (κ3) is 7.47. The van der Waals surface area contributed by atoms with Crippen molar-refractivity contribution >= 4 is 0 Å². The number of benzene rings is 1. The molecule has 1 rings (SSSR count). The Bertz CT molecular complexity index is 406. The molecule has 0 heterocycles. The quantitative estimate of drug-likeness (QED) is 0.570. The molecule has 0 unspecified atom stereocenters. The van der Waals surface area contributed by atoms with E-state index in [1.54, 1.807) is 7.11 Å². The average molecular weight is 264 g/mol. The monoisotopic (exact) mass is 264 g/mol. The summed E-state index contributed by atoms with van der Waals surface area (Å²) in [6, 6.07) is 7.45. The predicted octanol–water partition coefficient (Wildman–Crippen LogP) is 1.46. The van der Waals surface area contributed by atoms with Crippen LogP contribution in [0.25, 0.3) is 0 Å². The molecule has 0 aliphatic heterocycles. The van der Waals surface area contributed by atoms with E-state index < -0.39 is 0 Å². The lowest BCUT2D eigenvalue weighted by Crippen LogP contribution is -2.08. The molecular formula is C15H20O4. The van der Waals surface area contributed by atoms with Crippen molar-refractivity contribution in [1.29, 1.82) is 0 Å². The molecule has 0 saturated carbocycles. The van der Waals surface area contributed by atoms with Crippen molar-refractivity contribution in [1.82, 2.24) is 0 Å². The predicted molar refractivity (Wildman–Crippen MR) is 73.2 cm³/mol. The lowest BCUT2D eigenvalue weighted by atomic mass is 10.2. The van der Waals surface area contributed by atoms with Gasteiger partial charge in [0.05, 0.1) is 6.61 Å². The molecule has 0 radical (unpaired) electrons. The first kappa shape index (κ1) is 15.5. The maximum Gasteiger partial charge on any atom is 0.120 e. The Morgan fingerprint density at radius 2 is 2.05 bits per heavy atom. The fraction of sp³-hybridized carbons (Fsp3) is 0.467. The Hall–Kier alpha value is -1.54. The van der Waals surface area contributed by atoms with Crippen molar-refractivity contribution < 1.29 is 19.3 Å². The highest BCUT2D eigenvalue weighted by atomic mass is 16.5. The van der Waals surface area contributed by atoms with Crippen LogP contribution in [0.3, 0.4) is 0 Å². The van der Waals surface area contributed by atoms with E-state index in [1.807, 2.05) is 24.3 Å². The third-order valence-electron chi connectivity index (χ3n) is 2.28. The molecule has 4 heteroatoms. The first-order valence-electron chi connectivity index (χ1n) is 6.26. The fourth-order valence-electron chi connectivity index (χ4n) is 1.43. The summed E-state index contributed by atoms with van der Waals surface area (Å²) in [6.07, 6.45) is 0.892. The van der Waals surface area contributed by atoms with Crippen molar-refractivity contribution in [2.24, 2.45) is 0 Å². The van der Waals surface area contributed by atoms with Crippen LogP contribution in [0.4, 0.5) is 0 Å². The summed E-state index contributed by atoms with van der Waals surface area (Å²) in [6.45, 7) is 2.31.